The number of para-hydroxylation sites is 1. The highest BCUT2D eigenvalue weighted by molar-refractivity contribution is 5.98. The zero-order valence-electron chi connectivity index (χ0n) is 18.2. The highest BCUT2D eigenvalue weighted by atomic mass is 16.5. The predicted octanol–water partition coefficient (Wildman–Crippen LogP) is 4.47. The highest BCUT2D eigenvalue weighted by Gasteiger charge is 2.29. The summed E-state index contributed by atoms with van der Waals surface area (Å²) >= 11 is 0. The van der Waals surface area contributed by atoms with Gasteiger partial charge in [-0.2, -0.15) is 0 Å². The molecule has 0 fully saturated rings. The fraction of sp³-hybridized carbons (Fsp3) is 0.391. The van der Waals surface area contributed by atoms with Crippen LogP contribution >= 0.6 is 0 Å². The molecule has 7 heteroatoms. The summed E-state index contributed by atoms with van der Waals surface area (Å²) in [6.07, 6.45) is 0. The van der Waals surface area contributed by atoms with E-state index in [1.165, 1.54) is 18.2 Å². The second-order valence-electron chi connectivity index (χ2n) is 7.76. The molecule has 0 radical (unpaired) electrons. The van der Waals surface area contributed by atoms with Crippen molar-refractivity contribution in [3.05, 3.63) is 53.1 Å². The molecule has 2 aromatic carbocycles. The topological polar surface area (TPSA) is 97.6 Å². The summed E-state index contributed by atoms with van der Waals surface area (Å²) in [7, 11) is 3.23. The molecule has 0 unspecified atom stereocenters. The number of carboxylic acid groups (broad SMARTS) is 1. The fourth-order valence-electron chi connectivity index (χ4n) is 3.12. The number of nitrogens with zero attached hydrogens (tertiary/aromatic N) is 1. The molecule has 2 N–H and O–H groups in total. The molecule has 0 aliphatic carbocycles. The number of aromatic carboxylic acids is 1. The molecule has 0 atom stereocenters. The molecule has 1 aliphatic heterocycles. The molecule has 30 heavy (non-hydrogen) atoms. The second kappa shape index (κ2) is 9.52. The van der Waals surface area contributed by atoms with Crippen molar-refractivity contribution in [1.29, 1.82) is 0 Å². The van der Waals surface area contributed by atoms with E-state index in [1.807, 2.05) is 45.9 Å². The Morgan fingerprint density at radius 3 is 2.27 bits per heavy atom. The van der Waals surface area contributed by atoms with Crippen LogP contribution in [-0.2, 0) is 4.74 Å². The minimum Gasteiger partial charge on any atom is -0.508 e. The molecule has 0 spiro atoms. The van der Waals surface area contributed by atoms with E-state index in [-0.39, 0.29) is 22.8 Å². The predicted molar refractivity (Wildman–Crippen MR) is 115 cm³/mol. The van der Waals surface area contributed by atoms with Gasteiger partial charge < -0.3 is 24.4 Å². The standard InChI is InChI=1S/C13H17NO3.C10H12O3/c1-13(2)8-17-12(14-13)9-6-5-7-10(15-3)11(9)16-4;1-6(2)9-7(10(12)13)4-3-5-8(9)11/h5-7H,8H2,1-4H3;3-6,11H,1-2H3,(H,12,13). The van der Waals surface area contributed by atoms with Crippen molar-refractivity contribution in [3.63, 3.8) is 0 Å². The Hall–Kier alpha value is -3.22. The molecule has 162 valence electrons. The summed E-state index contributed by atoms with van der Waals surface area (Å²) in [5.74, 6) is 1.01. The van der Waals surface area contributed by atoms with Crippen LogP contribution in [0.5, 0.6) is 17.2 Å². The number of carbonyl (C=O) groups is 1. The van der Waals surface area contributed by atoms with Gasteiger partial charge in [-0.15, -0.1) is 0 Å². The number of aromatic hydroxyl groups is 1. The van der Waals surface area contributed by atoms with Crippen LogP contribution in [0.2, 0.25) is 0 Å². The number of benzene rings is 2. The number of ether oxygens (including phenoxy) is 3. The van der Waals surface area contributed by atoms with Gasteiger partial charge in [-0.3, -0.25) is 0 Å². The molecule has 0 bridgehead atoms. The Morgan fingerprint density at radius 2 is 1.80 bits per heavy atom. The number of hydrogen-bond acceptors (Lipinski definition) is 6. The van der Waals surface area contributed by atoms with Crippen molar-refractivity contribution in [1.82, 2.24) is 0 Å². The molecule has 0 amide bonds. The third kappa shape index (κ3) is 5.23. The summed E-state index contributed by atoms with van der Waals surface area (Å²) < 4.78 is 16.2. The number of phenolic OH excluding ortho intramolecular Hbond substituents is 1. The first-order valence-electron chi connectivity index (χ1n) is 9.60. The van der Waals surface area contributed by atoms with Crippen molar-refractivity contribution in [2.24, 2.45) is 4.99 Å². The zero-order valence-corrected chi connectivity index (χ0v) is 18.2. The quantitative estimate of drug-likeness (QED) is 0.748. The summed E-state index contributed by atoms with van der Waals surface area (Å²) in [6, 6.07) is 10.2. The average Bonchev–Trinajstić information content (AvgIpc) is 3.06. The Bertz CT molecular complexity index is 933. The van der Waals surface area contributed by atoms with Gasteiger partial charge in [0.25, 0.3) is 0 Å². The average molecular weight is 415 g/mol. The number of methoxy groups -OCH3 is 2. The monoisotopic (exact) mass is 415 g/mol. The van der Waals surface area contributed by atoms with Crippen molar-refractivity contribution < 1.29 is 29.2 Å². The van der Waals surface area contributed by atoms with E-state index in [2.05, 4.69) is 4.99 Å². The van der Waals surface area contributed by atoms with Crippen LogP contribution in [0.3, 0.4) is 0 Å². The number of hydrogen-bond donors (Lipinski definition) is 2. The Kier molecular flexibility index (Phi) is 7.32. The van der Waals surface area contributed by atoms with Crippen LogP contribution in [0.1, 0.15) is 55.1 Å². The summed E-state index contributed by atoms with van der Waals surface area (Å²) in [5, 5.41) is 18.3. The zero-order chi connectivity index (χ0) is 22.5. The first-order valence-corrected chi connectivity index (χ1v) is 9.60. The molecular formula is C23H29NO6. The Labute approximate surface area is 176 Å². The maximum atomic E-state index is 10.8. The van der Waals surface area contributed by atoms with Crippen LogP contribution < -0.4 is 9.47 Å². The highest BCUT2D eigenvalue weighted by Crippen LogP contribution is 2.33. The molecule has 3 rings (SSSR count). The molecule has 1 heterocycles. The largest absolute Gasteiger partial charge is 0.508 e. The summed E-state index contributed by atoms with van der Waals surface area (Å²) in [5.41, 5.74) is 1.33. The van der Waals surface area contributed by atoms with Crippen molar-refractivity contribution in [3.8, 4) is 17.2 Å². The maximum Gasteiger partial charge on any atom is 0.336 e. The van der Waals surface area contributed by atoms with Gasteiger partial charge in [0.15, 0.2) is 11.5 Å². The third-order valence-corrected chi connectivity index (χ3v) is 4.49. The Morgan fingerprint density at radius 1 is 1.13 bits per heavy atom. The van der Waals surface area contributed by atoms with Crippen molar-refractivity contribution >= 4 is 11.9 Å². The molecule has 0 saturated carbocycles. The number of carboxylic acids is 1. The smallest absolute Gasteiger partial charge is 0.336 e. The Balaban J connectivity index is 0.000000222. The minimum absolute atomic E-state index is 0.00676. The van der Waals surface area contributed by atoms with Gasteiger partial charge in [0.05, 0.1) is 30.9 Å². The van der Waals surface area contributed by atoms with Crippen LogP contribution in [0.25, 0.3) is 0 Å². The van der Waals surface area contributed by atoms with Gasteiger partial charge in [-0.25, -0.2) is 9.79 Å². The lowest BCUT2D eigenvalue weighted by Crippen LogP contribution is -2.17. The molecule has 2 aromatic rings. The SMILES string of the molecule is CC(C)c1c(O)cccc1C(=O)O.COc1cccc(C2=NC(C)(C)CO2)c1OC. The van der Waals surface area contributed by atoms with Crippen LogP contribution in [0, 0.1) is 0 Å². The van der Waals surface area contributed by atoms with Gasteiger partial charge in [-0.05, 0) is 44.0 Å². The molecule has 1 aliphatic rings. The minimum atomic E-state index is -1.00. The number of aliphatic imine (C=N–C) groups is 1. The molecular weight excluding hydrogens is 386 g/mol. The summed E-state index contributed by atoms with van der Waals surface area (Å²) in [6.45, 7) is 8.35. The maximum absolute atomic E-state index is 10.8. The van der Waals surface area contributed by atoms with E-state index in [9.17, 15) is 9.90 Å². The third-order valence-electron chi connectivity index (χ3n) is 4.49. The van der Waals surface area contributed by atoms with Crippen LogP contribution in [-0.4, -0.2) is 48.4 Å². The fourth-order valence-corrected chi connectivity index (χ4v) is 3.12. The van der Waals surface area contributed by atoms with E-state index in [0.717, 1.165) is 5.56 Å². The molecule has 0 saturated heterocycles. The van der Waals surface area contributed by atoms with E-state index < -0.39 is 5.97 Å². The molecule has 7 nitrogen and oxygen atoms in total. The first kappa shape index (κ1) is 23.1. The first-order chi connectivity index (χ1) is 14.1. The second-order valence-corrected chi connectivity index (χ2v) is 7.76. The van der Waals surface area contributed by atoms with E-state index in [1.54, 1.807) is 14.2 Å². The van der Waals surface area contributed by atoms with Gasteiger partial charge in [0.1, 0.15) is 12.4 Å². The number of phenols is 1. The van der Waals surface area contributed by atoms with Gasteiger partial charge in [0, 0.05) is 5.56 Å². The normalized spacial score (nSPS) is 14.3. The number of rotatable bonds is 5. The van der Waals surface area contributed by atoms with E-state index >= 15 is 0 Å². The van der Waals surface area contributed by atoms with Crippen LogP contribution in [0.4, 0.5) is 0 Å². The van der Waals surface area contributed by atoms with E-state index in [4.69, 9.17) is 19.3 Å². The lowest BCUT2D eigenvalue weighted by atomic mass is 9.96. The van der Waals surface area contributed by atoms with E-state index in [0.29, 0.717) is 29.6 Å². The van der Waals surface area contributed by atoms with Crippen molar-refractivity contribution in [2.45, 2.75) is 39.2 Å². The van der Waals surface area contributed by atoms with Crippen molar-refractivity contribution in [2.75, 3.05) is 20.8 Å². The van der Waals surface area contributed by atoms with Gasteiger partial charge in [0.2, 0.25) is 5.90 Å². The van der Waals surface area contributed by atoms with Gasteiger partial charge >= 0.3 is 5.97 Å². The van der Waals surface area contributed by atoms with Gasteiger partial charge in [-0.1, -0.05) is 26.0 Å². The lowest BCUT2D eigenvalue weighted by Gasteiger charge is -2.11. The van der Waals surface area contributed by atoms with Crippen LogP contribution in [0.15, 0.2) is 41.4 Å². The lowest BCUT2D eigenvalue weighted by molar-refractivity contribution is 0.0694. The molecule has 0 aromatic heterocycles. The summed E-state index contributed by atoms with van der Waals surface area (Å²) in [4.78, 5) is 15.3.